The smallest absolute Gasteiger partial charge is 0.409 e. The SMILES string of the molecule is CCOC(=O)N1CCC(N2CCC3(CC2)CC(=O)NCCO3)CC1. The third-order valence-corrected chi connectivity index (χ3v) is 5.53. The van der Waals surface area contributed by atoms with Crippen LogP contribution >= 0.6 is 0 Å². The van der Waals surface area contributed by atoms with Crippen molar-refractivity contribution in [2.24, 2.45) is 0 Å². The van der Waals surface area contributed by atoms with Gasteiger partial charge in [0.15, 0.2) is 0 Å². The Hall–Kier alpha value is -1.34. The molecule has 0 aromatic heterocycles. The second kappa shape index (κ2) is 7.70. The highest BCUT2D eigenvalue weighted by molar-refractivity contribution is 5.77. The van der Waals surface area contributed by atoms with Crippen molar-refractivity contribution in [1.29, 1.82) is 0 Å². The van der Waals surface area contributed by atoms with Crippen molar-refractivity contribution in [3.8, 4) is 0 Å². The van der Waals surface area contributed by atoms with Crippen LogP contribution in [0.2, 0.25) is 0 Å². The molecule has 0 atom stereocenters. The first kappa shape index (κ1) is 17.5. The normalized spacial score (nSPS) is 26.0. The number of carbonyl (C=O) groups excluding carboxylic acids is 2. The predicted molar refractivity (Wildman–Crippen MR) is 88.7 cm³/mol. The van der Waals surface area contributed by atoms with E-state index in [9.17, 15) is 9.59 Å². The molecule has 2 amide bonds. The second-order valence-corrected chi connectivity index (χ2v) is 7.01. The Morgan fingerprint density at radius 3 is 2.67 bits per heavy atom. The Bertz CT molecular complexity index is 455. The molecule has 7 nitrogen and oxygen atoms in total. The van der Waals surface area contributed by atoms with Gasteiger partial charge in [-0.2, -0.15) is 0 Å². The molecule has 0 unspecified atom stereocenters. The lowest BCUT2D eigenvalue weighted by Crippen LogP contribution is -2.53. The highest BCUT2D eigenvalue weighted by atomic mass is 16.6. The van der Waals surface area contributed by atoms with Crippen LogP contribution in [0.4, 0.5) is 4.79 Å². The van der Waals surface area contributed by atoms with Crippen molar-refractivity contribution in [3.05, 3.63) is 0 Å². The summed E-state index contributed by atoms with van der Waals surface area (Å²) in [5.74, 6) is 0.115. The highest BCUT2D eigenvalue weighted by Crippen LogP contribution is 2.33. The van der Waals surface area contributed by atoms with Crippen LogP contribution in [0, 0.1) is 0 Å². The van der Waals surface area contributed by atoms with E-state index in [1.165, 1.54) is 0 Å². The zero-order valence-corrected chi connectivity index (χ0v) is 14.6. The van der Waals surface area contributed by atoms with Gasteiger partial charge >= 0.3 is 6.09 Å². The summed E-state index contributed by atoms with van der Waals surface area (Å²) in [5.41, 5.74) is -0.261. The number of hydrogen-bond donors (Lipinski definition) is 1. The lowest BCUT2D eigenvalue weighted by molar-refractivity contribution is -0.129. The number of likely N-dealkylation sites (tertiary alicyclic amines) is 2. The Labute approximate surface area is 143 Å². The van der Waals surface area contributed by atoms with Crippen LogP contribution in [-0.2, 0) is 14.3 Å². The van der Waals surface area contributed by atoms with Gasteiger partial charge in [-0.05, 0) is 32.6 Å². The Balaban J connectivity index is 1.47. The zero-order valence-electron chi connectivity index (χ0n) is 14.6. The third-order valence-electron chi connectivity index (χ3n) is 5.53. The van der Waals surface area contributed by atoms with Gasteiger partial charge in [-0.3, -0.25) is 4.79 Å². The maximum atomic E-state index is 11.8. The van der Waals surface area contributed by atoms with E-state index in [1.807, 2.05) is 11.8 Å². The number of nitrogens with zero attached hydrogens (tertiary/aromatic N) is 2. The predicted octanol–water partition coefficient (Wildman–Crippen LogP) is 0.978. The summed E-state index contributed by atoms with van der Waals surface area (Å²) in [5, 5.41) is 2.89. The first-order valence-electron chi connectivity index (χ1n) is 9.18. The van der Waals surface area contributed by atoms with Crippen LogP contribution in [0.3, 0.4) is 0 Å². The van der Waals surface area contributed by atoms with E-state index in [0.717, 1.165) is 51.9 Å². The van der Waals surface area contributed by atoms with E-state index < -0.39 is 0 Å². The lowest BCUT2D eigenvalue weighted by Gasteiger charge is -2.45. The summed E-state index contributed by atoms with van der Waals surface area (Å²) in [6.07, 6.45) is 4.12. The largest absolute Gasteiger partial charge is 0.450 e. The topological polar surface area (TPSA) is 71.1 Å². The monoisotopic (exact) mass is 339 g/mol. The standard InChI is InChI=1S/C17H29N3O4/c1-2-23-16(22)20-8-3-14(4-9-20)19-10-5-17(6-11-19)13-15(21)18-7-12-24-17/h14H,2-13H2,1H3,(H,18,21). The fraction of sp³-hybridized carbons (Fsp3) is 0.882. The summed E-state index contributed by atoms with van der Waals surface area (Å²) >= 11 is 0. The number of rotatable bonds is 2. The first-order valence-corrected chi connectivity index (χ1v) is 9.18. The molecule has 3 fully saturated rings. The first-order chi connectivity index (χ1) is 11.6. The van der Waals surface area contributed by atoms with Gasteiger partial charge in [0.1, 0.15) is 0 Å². The molecule has 0 saturated carbocycles. The van der Waals surface area contributed by atoms with Gasteiger partial charge in [0.25, 0.3) is 0 Å². The quantitative estimate of drug-likeness (QED) is 0.812. The van der Waals surface area contributed by atoms with Gasteiger partial charge in [-0.15, -0.1) is 0 Å². The Kier molecular flexibility index (Phi) is 5.61. The van der Waals surface area contributed by atoms with Crippen LogP contribution in [0.1, 0.15) is 39.0 Å². The minimum Gasteiger partial charge on any atom is -0.450 e. The molecule has 1 spiro atoms. The van der Waals surface area contributed by atoms with Gasteiger partial charge in [0, 0.05) is 38.8 Å². The highest BCUT2D eigenvalue weighted by Gasteiger charge is 2.40. The van der Waals surface area contributed by atoms with E-state index in [1.54, 1.807) is 0 Å². The van der Waals surface area contributed by atoms with Gasteiger partial charge < -0.3 is 24.6 Å². The van der Waals surface area contributed by atoms with Crippen molar-refractivity contribution in [2.75, 3.05) is 45.9 Å². The Morgan fingerprint density at radius 1 is 1.29 bits per heavy atom. The maximum Gasteiger partial charge on any atom is 0.409 e. The maximum absolute atomic E-state index is 11.8. The molecule has 24 heavy (non-hydrogen) atoms. The van der Waals surface area contributed by atoms with Crippen molar-refractivity contribution in [3.63, 3.8) is 0 Å². The summed E-state index contributed by atoms with van der Waals surface area (Å²) < 4.78 is 11.1. The van der Waals surface area contributed by atoms with Crippen molar-refractivity contribution in [1.82, 2.24) is 15.1 Å². The molecule has 136 valence electrons. The minimum absolute atomic E-state index is 0.115. The molecule has 3 heterocycles. The van der Waals surface area contributed by atoms with E-state index in [4.69, 9.17) is 9.47 Å². The zero-order chi connectivity index (χ0) is 17.0. The molecule has 0 aliphatic carbocycles. The van der Waals surface area contributed by atoms with E-state index in [2.05, 4.69) is 10.2 Å². The average Bonchev–Trinajstić information content (AvgIpc) is 2.77. The summed E-state index contributed by atoms with van der Waals surface area (Å²) in [4.78, 5) is 27.9. The van der Waals surface area contributed by atoms with Crippen molar-refractivity contribution >= 4 is 12.0 Å². The van der Waals surface area contributed by atoms with E-state index in [0.29, 0.717) is 32.2 Å². The average molecular weight is 339 g/mol. The van der Waals surface area contributed by atoms with Gasteiger partial charge in [0.2, 0.25) is 5.91 Å². The molecule has 0 radical (unpaired) electrons. The minimum atomic E-state index is -0.261. The molecular weight excluding hydrogens is 310 g/mol. The second-order valence-electron chi connectivity index (χ2n) is 7.01. The summed E-state index contributed by atoms with van der Waals surface area (Å²) in [7, 11) is 0. The molecule has 0 bridgehead atoms. The number of piperidine rings is 2. The van der Waals surface area contributed by atoms with Gasteiger partial charge in [-0.25, -0.2) is 4.79 Å². The molecule has 3 saturated heterocycles. The van der Waals surface area contributed by atoms with Gasteiger partial charge in [-0.1, -0.05) is 0 Å². The molecule has 7 heteroatoms. The number of amides is 2. The molecule has 3 aliphatic rings. The fourth-order valence-corrected chi connectivity index (χ4v) is 4.11. The molecule has 1 N–H and O–H groups in total. The van der Waals surface area contributed by atoms with E-state index in [-0.39, 0.29) is 17.6 Å². The van der Waals surface area contributed by atoms with Crippen molar-refractivity contribution < 1.29 is 19.1 Å². The number of ether oxygens (including phenoxy) is 2. The number of carbonyl (C=O) groups is 2. The van der Waals surface area contributed by atoms with Crippen molar-refractivity contribution in [2.45, 2.75) is 50.7 Å². The number of nitrogens with one attached hydrogen (secondary N) is 1. The summed E-state index contributed by atoms with van der Waals surface area (Å²) in [6.45, 7) is 6.98. The van der Waals surface area contributed by atoms with E-state index >= 15 is 0 Å². The van der Waals surface area contributed by atoms with Crippen LogP contribution in [0.15, 0.2) is 0 Å². The molecule has 3 rings (SSSR count). The van der Waals surface area contributed by atoms with Crippen LogP contribution in [0.5, 0.6) is 0 Å². The van der Waals surface area contributed by atoms with Gasteiger partial charge in [0.05, 0.1) is 25.2 Å². The molecule has 3 aliphatic heterocycles. The van der Waals surface area contributed by atoms with Crippen LogP contribution in [0.25, 0.3) is 0 Å². The fourth-order valence-electron chi connectivity index (χ4n) is 4.11. The summed E-state index contributed by atoms with van der Waals surface area (Å²) in [6, 6.07) is 0.521. The van der Waals surface area contributed by atoms with Crippen LogP contribution in [-0.4, -0.2) is 79.4 Å². The van der Waals surface area contributed by atoms with Crippen LogP contribution < -0.4 is 5.32 Å². The number of hydrogen-bond acceptors (Lipinski definition) is 5. The Morgan fingerprint density at radius 2 is 2.00 bits per heavy atom. The molecular formula is C17H29N3O4. The lowest BCUT2D eigenvalue weighted by atomic mass is 9.86. The third kappa shape index (κ3) is 4.00. The molecule has 0 aromatic carbocycles. The molecule has 0 aromatic rings.